The molecule has 28 heavy (non-hydrogen) atoms. The number of benzene rings is 2. The van der Waals surface area contributed by atoms with Crippen molar-refractivity contribution in [3.8, 4) is 17.2 Å². The predicted molar refractivity (Wildman–Crippen MR) is 110 cm³/mol. The lowest BCUT2D eigenvalue weighted by Crippen LogP contribution is -2.38. The Morgan fingerprint density at radius 1 is 0.929 bits per heavy atom. The molecule has 148 valence electrons. The van der Waals surface area contributed by atoms with E-state index in [0.717, 1.165) is 62.2 Å². The number of hydrogen-bond acceptors (Lipinski definition) is 4. The van der Waals surface area contributed by atoms with Crippen molar-refractivity contribution in [3.05, 3.63) is 53.1 Å². The second-order valence-electron chi connectivity index (χ2n) is 6.92. The van der Waals surface area contributed by atoms with Gasteiger partial charge in [-0.2, -0.15) is 0 Å². The van der Waals surface area contributed by atoms with Crippen LogP contribution in [0.3, 0.4) is 0 Å². The van der Waals surface area contributed by atoms with Gasteiger partial charge in [-0.05, 0) is 54.7 Å². The van der Waals surface area contributed by atoms with E-state index in [1.807, 2.05) is 12.1 Å². The highest BCUT2D eigenvalue weighted by Gasteiger charge is 2.13. The van der Waals surface area contributed by atoms with Gasteiger partial charge in [-0.1, -0.05) is 18.2 Å². The highest BCUT2D eigenvalue weighted by Crippen LogP contribution is 2.32. The van der Waals surface area contributed by atoms with Crippen molar-refractivity contribution in [2.45, 2.75) is 26.2 Å². The smallest absolute Gasteiger partial charge is 0.231 e. The van der Waals surface area contributed by atoms with E-state index in [9.17, 15) is 0 Å². The normalized spacial score (nSPS) is 14.5. The van der Waals surface area contributed by atoms with E-state index in [4.69, 9.17) is 19.2 Å². The van der Waals surface area contributed by atoms with Gasteiger partial charge in [0.1, 0.15) is 5.75 Å². The van der Waals surface area contributed by atoms with Crippen molar-refractivity contribution in [2.75, 3.05) is 33.0 Å². The Morgan fingerprint density at radius 2 is 1.75 bits per heavy atom. The minimum absolute atomic E-state index is 0.308. The van der Waals surface area contributed by atoms with Crippen molar-refractivity contribution in [2.24, 2.45) is 4.99 Å². The summed E-state index contributed by atoms with van der Waals surface area (Å²) in [6.07, 6.45) is 2.83. The van der Waals surface area contributed by atoms with Crippen molar-refractivity contribution in [1.29, 1.82) is 0 Å². The van der Waals surface area contributed by atoms with Crippen molar-refractivity contribution >= 4 is 5.96 Å². The first-order valence-corrected chi connectivity index (χ1v) is 9.97. The molecule has 0 radical (unpaired) electrons. The fraction of sp³-hybridized carbons (Fsp3) is 0.409. The molecule has 0 atom stereocenters. The van der Waals surface area contributed by atoms with Gasteiger partial charge in [-0.25, -0.2) is 0 Å². The summed E-state index contributed by atoms with van der Waals surface area (Å²) in [5.74, 6) is 3.54. The first-order chi connectivity index (χ1) is 13.8. The van der Waals surface area contributed by atoms with Crippen LogP contribution in [-0.2, 0) is 19.3 Å². The summed E-state index contributed by atoms with van der Waals surface area (Å²) in [7, 11) is 0. The number of nitrogens with zero attached hydrogens (tertiary/aromatic N) is 1. The Hall–Kier alpha value is -2.89. The summed E-state index contributed by atoms with van der Waals surface area (Å²) >= 11 is 0. The number of fused-ring (bicyclic) bond motifs is 2. The van der Waals surface area contributed by atoms with Crippen LogP contribution in [-0.4, -0.2) is 39.0 Å². The minimum atomic E-state index is 0.308. The highest BCUT2D eigenvalue weighted by atomic mass is 16.7. The zero-order valence-electron chi connectivity index (χ0n) is 16.3. The average Bonchev–Trinajstić information content (AvgIpc) is 3.36. The van der Waals surface area contributed by atoms with Crippen molar-refractivity contribution in [3.63, 3.8) is 0 Å². The molecule has 2 heterocycles. The average molecular weight is 381 g/mol. The molecule has 0 bridgehead atoms. The van der Waals surface area contributed by atoms with Crippen LogP contribution in [0.2, 0.25) is 0 Å². The van der Waals surface area contributed by atoms with Crippen LogP contribution in [0.1, 0.15) is 23.6 Å². The van der Waals surface area contributed by atoms with Crippen LogP contribution < -0.4 is 24.8 Å². The van der Waals surface area contributed by atoms with Crippen molar-refractivity contribution < 1.29 is 14.2 Å². The lowest BCUT2D eigenvalue weighted by molar-refractivity contribution is 0.174. The lowest BCUT2D eigenvalue weighted by atomic mass is 10.1. The summed E-state index contributed by atoms with van der Waals surface area (Å²) in [6.45, 7) is 5.59. The highest BCUT2D eigenvalue weighted by molar-refractivity contribution is 5.79. The van der Waals surface area contributed by atoms with Gasteiger partial charge in [0.25, 0.3) is 0 Å². The van der Waals surface area contributed by atoms with Crippen LogP contribution in [0.5, 0.6) is 17.2 Å². The first kappa shape index (κ1) is 18.5. The molecule has 0 spiro atoms. The maximum absolute atomic E-state index is 5.57. The number of aliphatic imine (C=N–C) groups is 1. The van der Waals surface area contributed by atoms with E-state index < -0.39 is 0 Å². The molecular formula is C22H27N3O3. The number of nitrogens with one attached hydrogen (secondary N) is 2. The van der Waals surface area contributed by atoms with Gasteiger partial charge in [0.05, 0.1) is 6.61 Å². The fourth-order valence-corrected chi connectivity index (χ4v) is 3.46. The molecular weight excluding hydrogens is 354 g/mol. The fourth-order valence-electron chi connectivity index (χ4n) is 3.46. The molecule has 0 aliphatic carbocycles. The van der Waals surface area contributed by atoms with Crippen LogP contribution in [0.4, 0.5) is 0 Å². The van der Waals surface area contributed by atoms with E-state index >= 15 is 0 Å². The predicted octanol–water partition coefficient (Wildman–Crippen LogP) is 2.69. The SMILES string of the molecule is CCNC(=NCCc1ccc2c(c1)OCO2)NCCc1ccc2c(c1)CCO2. The molecule has 2 N–H and O–H groups in total. The van der Waals surface area contributed by atoms with Crippen LogP contribution in [0, 0.1) is 0 Å². The molecule has 2 aromatic carbocycles. The number of ether oxygens (including phenoxy) is 3. The standard InChI is InChI=1S/C22H27N3O3/c1-2-23-22(24-10-7-16-3-5-19-18(13-16)9-12-26-19)25-11-8-17-4-6-20-21(14-17)28-15-27-20/h3-6,13-14H,2,7-12,15H2,1H3,(H2,23,24,25). The Bertz CT molecular complexity index is 851. The zero-order valence-corrected chi connectivity index (χ0v) is 16.3. The molecule has 2 aliphatic rings. The molecule has 2 aromatic rings. The minimum Gasteiger partial charge on any atom is -0.493 e. The zero-order chi connectivity index (χ0) is 19.2. The second-order valence-corrected chi connectivity index (χ2v) is 6.92. The van der Waals surface area contributed by atoms with Crippen LogP contribution in [0.25, 0.3) is 0 Å². The monoisotopic (exact) mass is 381 g/mol. The molecule has 0 amide bonds. The Balaban J connectivity index is 1.27. The van der Waals surface area contributed by atoms with Crippen molar-refractivity contribution in [1.82, 2.24) is 10.6 Å². The maximum Gasteiger partial charge on any atom is 0.231 e. The van der Waals surface area contributed by atoms with Gasteiger partial charge in [0.2, 0.25) is 6.79 Å². The number of hydrogen-bond donors (Lipinski definition) is 2. The van der Waals surface area contributed by atoms with Gasteiger partial charge in [-0.15, -0.1) is 0 Å². The molecule has 6 heteroatoms. The maximum atomic E-state index is 5.57. The summed E-state index contributed by atoms with van der Waals surface area (Å²) in [6, 6.07) is 12.6. The van der Waals surface area contributed by atoms with Gasteiger partial charge in [0, 0.05) is 26.1 Å². The van der Waals surface area contributed by atoms with E-state index in [1.165, 1.54) is 16.7 Å². The Labute approximate surface area is 165 Å². The topological polar surface area (TPSA) is 64.1 Å². The van der Waals surface area contributed by atoms with E-state index in [0.29, 0.717) is 13.3 Å². The number of rotatable bonds is 7. The van der Waals surface area contributed by atoms with Gasteiger partial charge in [0.15, 0.2) is 17.5 Å². The first-order valence-electron chi connectivity index (χ1n) is 9.97. The third kappa shape index (κ3) is 4.50. The third-order valence-electron chi connectivity index (χ3n) is 4.91. The molecule has 0 fully saturated rings. The summed E-state index contributed by atoms with van der Waals surface area (Å²) in [4.78, 5) is 4.69. The Kier molecular flexibility index (Phi) is 5.85. The number of guanidine groups is 1. The Morgan fingerprint density at radius 3 is 2.64 bits per heavy atom. The summed E-state index contributed by atoms with van der Waals surface area (Å²) < 4.78 is 16.4. The van der Waals surface area contributed by atoms with Gasteiger partial charge < -0.3 is 24.8 Å². The van der Waals surface area contributed by atoms with E-state index in [2.05, 4.69) is 41.8 Å². The lowest BCUT2D eigenvalue weighted by Gasteiger charge is -2.12. The van der Waals surface area contributed by atoms with Gasteiger partial charge >= 0.3 is 0 Å². The second kappa shape index (κ2) is 8.87. The van der Waals surface area contributed by atoms with E-state index in [-0.39, 0.29) is 0 Å². The molecule has 2 aliphatic heterocycles. The molecule has 0 unspecified atom stereocenters. The van der Waals surface area contributed by atoms with Crippen LogP contribution >= 0.6 is 0 Å². The quantitative estimate of drug-likeness (QED) is 0.570. The molecule has 6 nitrogen and oxygen atoms in total. The van der Waals surface area contributed by atoms with Crippen LogP contribution in [0.15, 0.2) is 41.4 Å². The molecule has 0 saturated heterocycles. The van der Waals surface area contributed by atoms with Gasteiger partial charge in [-0.3, -0.25) is 4.99 Å². The largest absolute Gasteiger partial charge is 0.493 e. The molecule has 0 saturated carbocycles. The third-order valence-corrected chi connectivity index (χ3v) is 4.91. The summed E-state index contributed by atoms with van der Waals surface area (Å²) in [5, 5.41) is 6.74. The molecule has 4 rings (SSSR count). The molecule has 0 aromatic heterocycles. The van der Waals surface area contributed by atoms with E-state index in [1.54, 1.807) is 0 Å². The summed E-state index contributed by atoms with van der Waals surface area (Å²) in [5.41, 5.74) is 3.85.